The predicted molar refractivity (Wildman–Crippen MR) is 52.7 cm³/mol. The fraction of sp³-hybridized carbons (Fsp3) is 0.400. The van der Waals surface area contributed by atoms with Gasteiger partial charge in [0.15, 0.2) is 0 Å². The molecule has 0 radical (unpaired) electrons. The first-order valence-electron chi connectivity index (χ1n) is 4.59. The zero-order chi connectivity index (χ0) is 9.10. The molecule has 0 amide bonds. The molecule has 68 valence electrons. The number of rotatable bonds is 3. The van der Waals surface area contributed by atoms with Crippen LogP contribution in [0.1, 0.15) is 17.7 Å². The Bertz CT molecular complexity index is 320. The molecule has 0 spiro atoms. The third-order valence-corrected chi connectivity index (χ3v) is 2.29. The Morgan fingerprint density at radius 1 is 1.46 bits per heavy atom. The van der Waals surface area contributed by atoms with Crippen molar-refractivity contribution in [3.8, 4) is 0 Å². The summed E-state index contributed by atoms with van der Waals surface area (Å²) in [6, 6.07) is 0. The smallest absolute Gasteiger partial charge is 0.133 e. The fourth-order valence-corrected chi connectivity index (χ4v) is 1.68. The molecule has 0 saturated heterocycles. The molecule has 1 heterocycles. The minimum absolute atomic E-state index is 0.767. The van der Waals surface area contributed by atoms with Crippen molar-refractivity contribution < 1.29 is 0 Å². The summed E-state index contributed by atoms with van der Waals surface area (Å²) in [5.74, 6) is 0.988. The average Bonchev–Trinajstić information content (AvgIpc) is 2.62. The second-order valence-electron chi connectivity index (χ2n) is 3.17. The molecule has 0 unspecified atom stereocenters. The highest BCUT2D eigenvalue weighted by molar-refractivity contribution is 5.48. The molecular formula is C10H13N3. The summed E-state index contributed by atoms with van der Waals surface area (Å²) in [5, 5.41) is 3.23. The summed E-state index contributed by atoms with van der Waals surface area (Å²) in [5.41, 5.74) is 2.51. The van der Waals surface area contributed by atoms with Gasteiger partial charge in [-0.1, -0.05) is 6.08 Å². The topological polar surface area (TPSA) is 37.8 Å². The van der Waals surface area contributed by atoms with Crippen molar-refractivity contribution in [2.24, 2.45) is 0 Å². The van der Waals surface area contributed by atoms with Gasteiger partial charge in [-0.25, -0.2) is 9.97 Å². The Morgan fingerprint density at radius 3 is 3.23 bits per heavy atom. The molecule has 0 aliphatic heterocycles. The lowest BCUT2D eigenvalue weighted by molar-refractivity contribution is 0.899. The van der Waals surface area contributed by atoms with Gasteiger partial charge in [0, 0.05) is 17.8 Å². The fourth-order valence-electron chi connectivity index (χ4n) is 1.68. The SMILES string of the molecule is C=CCNc1ncnc2c1CCC2. The van der Waals surface area contributed by atoms with Gasteiger partial charge in [0.2, 0.25) is 0 Å². The van der Waals surface area contributed by atoms with Crippen LogP contribution in [0, 0.1) is 0 Å². The third kappa shape index (κ3) is 1.54. The molecule has 3 nitrogen and oxygen atoms in total. The number of fused-ring (bicyclic) bond motifs is 1. The molecule has 13 heavy (non-hydrogen) atoms. The molecule has 1 aliphatic rings. The van der Waals surface area contributed by atoms with Gasteiger partial charge in [-0.05, 0) is 19.3 Å². The minimum atomic E-state index is 0.767. The minimum Gasteiger partial charge on any atom is -0.366 e. The van der Waals surface area contributed by atoms with E-state index < -0.39 is 0 Å². The molecule has 2 rings (SSSR count). The zero-order valence-corrected chi connectivity index (χ0v) is 7.58. The second-order valence-corrected chi connectivity index (χ2v) is 3.17. The summed E-state index contributed by atoms with van der Waals surface area (Å²) < 4.78 is 0. The van der Waals surface area contributed by atoms with Gasteiger partial charge in [0.25, 0.3) is 0 Å². The first-order chi connectivity index (χ1) is 6.42. The van der Waals surface area contributed by atoms with E-state index in [1.165, 1.54) is 17.7 Å². The van der Waals surface area contributed by atoms with Crippen LogP contribution >= 0.6 is 0 Å². The molecular weight excluding hydrogens is 162 g/mol. The van der Waals surface area contributed by atoms with Gasteiger partial charge < -0.3 is 5.32 Å². The van der Waals surface area contributed by atoms with E-state index in [0.717, 1.165) is 25.2 Å². The summed E-state index contributed by atoms with van der Waals surface area (Å²) >= 11 is 0. The summed E-state index contributed by atoms with van der Waals surface area (Å²) in [4.78, 5) is 8.47. The predicted octanol–water partition coefficient (Wildman–Crippen LogP) is 1.56. The highest BCUT2D eigenvalue weighted by Gasteiger charge is 2.15. The number of nitrogens with one attached hydrogen (secondary N) is 1. The van der Waals surface area contributed by atoms with Gasteiger partial charge in [0.05, 0.1) is 0 Å². The van der Waals surface area contributed by atoms with Crippen LogP contribution in [-0.4, -0.2) is 16.5 Å². The van der Waals surface area contributed by atoms with Crippen LogP contribution in [0.4, 0.5) is 5.82 Å². The van der Waals surface area contributed by atoms with E-state index in [-0.39, 0.29) is 0 Å². The van der Waals surface area contributed by atoms with Gasteiger partial charge >= 0.3 is 0 Å². The van der Waals surface area contributed by atoms with Crippen molar-refractivity contribution in [3.63, 3.8) is 0 Å². The van der Waals surface area contributed by atoms with Crippen LogP contribution in [-0.2, 0) is 12.8 Å². The number of hydrogen-bond acceptors (Lipinski definition) is 3. The van der Waals surface area contributed by atoms with E-state index in [0.29, 0.717) is 0 Å². The Morgan fingerprint density at radius 2 is 2.38 bits per heavy atom. The van der Waals surface area contributed by atoms with Gasteiger partial charge in [0.1, 0.15) is 12.1 Å². The number of nitrogens with zero attached hydrogens (tertiary/aromatic N) is 2. The summed E-state index contributed by atoms with van der Waals surface area (Å²) in [7, 11) is 0. The van der Waals surface area contributed by atoms with Crippen molar-refractivity contribution >= 4 is 5.82 Å². The van der Waals surface area contributed by atoms with Crippen LogP contribution in [0.3, 0.4) is 0 Å². The number of hydrogen-bond donors (Lipinski definition) is 1. The first-order valence-corrected chi connectivity index (χ1v) is 4.59. The quantitative estimate of drug-likeness (QED) is 0.708. The lowest BCUT2D eigenvalue weighted by atomic mass is 10.2. The molecule has 1 aromatic heterocycles. The molecule has 0 aromatic carbocycles. The van der Waals surface area contributed by atoms with E-state index >= 15 is 0 Å². The van der Waals surface area contributed by atoms with Crippen molar-refractivity contribution in [1.29, 1.82) is 0 Å². The van der Waals surface area contributed by atoms with Gasteiger partial charge in [-0.2, -0.15) is 0 Å². The molecule has 1 N–H and O–H groups in total. The molecule has 3 heteroatoms. The largest absolute Gasteiger partial charge is 0.366 e. The molecule has 0 saturated carbocycles. The third-order valence-electron chi connectivity index (χ3n) is 2.29. The van der Waals surface area contributed by atoms with Crippen LogP contribution in [0.5, 0.6) is 0 Å². The monoisotopic (exact) mass is 175 g/mol. The summed E-state index contributed by atoms with van der Waals surface area (Å²) in [6.45, 7) is 4.43. The van der Waals surface area contributed by atoms with Crippen LogP contribution in [0.15, 0.2) is 19.0 Å². The standard InChI is InChI=1S/C10H13N3/c1-2-6-11-10-8-4-3-5-9(8)12-7-13-10/h2,7H,1,3-6H2,(H,11,12,13). The van der Waals surface area contributed by atoms with Crippen molar-refractivity contribution in [1.82, 2.24) is 9.97 Å². The molecule has 1 aromatic rings. The number of aromatic nitrogens is 2. The maximum Gasteiger partial charge on any atom is 0.133 e. The average molecular weight is 175 g/mol. The van der Waals surface area contributed by atoms with Crippen molar-refractivity contribution in [3.05, 3.63) is 30.2 Å². The lowest BCUT2D eigenvalue weighted by Crippen LogP contribution is -2.04. The van der Waals surface area contributed by atoms with Gasteiger partial charge in [-0.3, -0.25) is 0 Å². The zero-order valence-electron chi connectivity index (χ0n) is 7.58. The summed E-state index contributed by atoms with van der Waals surface area (Å²) in [6.07, 6.45) is 6.88. The van der Waals surface area contributed by atoms with E-state index in [9.17, 15) is 0 Å². The van der Waals surface area contributed by atoms with Crippen LogP contribution in [0.25, 0.3) is 0 Å². The van der Waals surface area contributed by atoms with E-state index in [1.54, 1.807) is 6.33 Å². The lowest BCUT2D eigenvalue weighted by Gasteiger charge is -2.06. The maximum atomic E-state index is 4.25. The molecule has 0 bridgehead atoms. The Balaban J connectivity index is 2.25. The number of anilines is 1. The van der Waals surface area contributed by atoms with Crippen LogP contribution < -0.4 is 5.32 Å². The Labute approximate surface area is 77.9 Å². The maximum absolute atomic E-state index is 4.25. The van der Waals surface area contributed by atoms with Gasteiger partial charge in [-0.15, -0.1) is 6.58 Å². The van der Waals surface area contributed by atoms with E-state index in [2.05, 4.69) is 21.9 Å². The molecule has 0 atom stereocenters. The second kappa shape index (κ2) is 3.56. The van der Waals surface area contributed by atoms with Crippen LogP contribution in [0.2, 0.25) is 0 Å². The normalized spacial score (nSPS) is 13.8. The first kappa shape index (κ1) is 8.23. The molecule has 1 aliphatic carbocycles. The Kier molecular flexibility index (Phi) is 2.25. The Hall–Kier alpha value is -1.38. The number of aryl methyl sites for hydroxylation is 1. The molecule has 0 fully saturated rings. The van der Waals surface area contributed by atoms with E-state index in [4.69, 9.17) is 0 Å². The van der Waals surface area contributed by atoms with E-state index in [1.807, 2.05) is 6.08 Å². The highest BCUT2D eigenvalue weighted by Crippen LogP contribution is 2.24. The van der Waals surface area contributed by atoms with Crippen molar-refractivity contribution in [2.45, 2.75) is 19.3 Å². The highest BCUT2D eigenvalue weighted by atomic mass is 15.0. The van der Waals surface area contributed by atoms with Crippen molar-refractivity contribution in [2.75, 3.05) is 11.9 Å².